The molecule has 0 aromatic heterocycles. The molecule has 1 saturated heterocycles. The van der Waals surface area contributed by atoms with Crippen molar-refractivity contribution in [1.82, 2.24) is 9.80 Å². The molecule has 3 nitrogen and oxygen atoms in total. The molecular formula is C16H25N3. The minimum Gasteiger partial charge on any atom is -0.384 e. The number of anilines is 1. The van der Waals surface area contributed by atoms with Gasteiger partial charge in [0.25, 0.3) is 0 Å². The number of likely N-dealkylation sites (N-methyl/N-ethyl adjacent to an activating group) is 1. The maximum Gasteiger partial charge on any atom is 0.0376 e. The second kappa shape index (κ2) is 4.80. The summed E-state index contributed by atoms with van der Waals surface area (Å²) in [4.78, 5) is 5.11. The van der Waals surface area contributed by atoms with E-state index in [0.717, 1.165) is 6.54 Å². The van der Waals surface area contributed by atoms with Gasteiger partial charge >= 0.3 is 0 Å². The molecule has 2 heterocycles. The summed E-state index contributed by atoms with van der Waals surface area (Å²) in [5.41, 5.74) is 3.13. The Labute approximate surface area is 116 Å². The van der Waals surface area contributed by atoms with E-state index in [1.807, 2.05) is 0 Å². The van der Waals surface area contributed by atoms with Crippen molar-refractivity contribution in [2.45, 2.75) is 25.3 Å². The standard InChI is InChI=1S/C16H25N3/c1-16(2)12-19(9-8-18(16)3)11-13-10-17-15-7-5-4-6-14(13)15/h4-7,13,17H,8-12H2,1-3H3. The van der Waals surface area contributed by atoms with Crippen LogP contribution in [0, 0.1) is 0 Å². The molecule has 0 bridgehead atoms. The highest BCUT2D eigenvalue weighted by molar-refractivity contribution is 5.57. The zero-order chi connectivity index (χ0) is 13.5. The number of fused-ring (bicyclic) bond motifs is 1. The van der Waals surface area contributed by atoms with Crippen LogP contribution in [0.4, 0.5) is 5.69 Å². The molecule has 0 aliphatic carbocycles. The first kappa shape index (κ1) is 12.9. The molecule has 3 rings (SSSR count). The Morgan fingerprint density at radius 2 is 2.05 bits per heavy atom. The summed E-state index contributed by atoms with van der Waals surface area (Å²) in [6.45, 7) is 10.5. The minimum absolute atomic E-state index is 0.295. The highest BCUT2D eigenvalue weighted by atomic mass is 15.3. The maximum atomic E-state index is 3.53. The molecular weight excluding hydrogens is 234 g/mol. The van der Waals surface area contributed by atoms with E-state index < -0.39 is 0 Å². The van der Waals surface area contributed by atoms with Crippen molar-refractivity contribution in [2.24, 2.45) is 0 Å². The molecule has 2 aliphatic rings. The van der Waals surface area contributed by atoms with Crippen LogP contribution in [0.15, 0.2) is 24.3 Å². The maximum absolute atomic E-state index is 3.53. The lowest BCUT2D eigenvalue weighted by molar-refractivity contribution is 0.0377. The number of benzene rings is 1. The summed E-state index contributed by atoms with van der Waals surface area (Å²) < 4.78 is 0. The van der Waals surface area contributed by atoms with E-state index in [1.54, 1.807) is 0 Å². The van der Waals surface area contributed by atoms with Crippen molar-refractivity contribution in [3.63, 3.8) is 0 Å². The second-order valence-corrected chi connectivity index (χ2v) is 6.63. The van der Waals surface area contributed by atoms with Gasteiger partial charge in [0, 0.05) is 49.9 Å². The van der Waals surface area contributed by atoms with Gasteiger partial charge in [0.05, 0.1) is 0 Å². The number of hydrogen-bond acceptors (Lipinski definition) is 3. The zero-order valence-corrected chi connectivity index (χ0v) is 12.3. The van der Waals surface area contributed by atoms with Gasteiger partial charge in [0.2, 0.25) is 0 Å². The molecule has 0 amide bonds. The molecule has 1 N–H and O–H groups in total. The van der Waals surface area contributed by atoms with E-state index in [4.69, 9.17) is 0 Å². The van der Waals surface area contributed by atoms with Crippen LogP contribution in [0.3, 0.4) is 0 Å². The lowest BCUT2D eigenvalue weighted by Gasteiger charge is -2.46. The number of nitrogens with zero attached hydrogens (tertiary/aromatic N) is 2. The van der Waals surface area contributed by atoms with Gasteiger partial charge in [-0.15, -0.1) is 0 Å². The molecule has 1 aromatic carbocycles. The molecule has 19 heavy (non-hydrogen) atoms. The summed E-state index contributed by atoms with van der Waals surface area (Å²) in [5.74, 6) is 0.649. The molecule has 1 aromatic rings. The van der Waals surface area contributed by atoms with Crippen molar-refractivity contribution in [2.75, 3.05) is 45.1 Å². The van der Waals surface area contributed by atoms with E-state index >= 15 is 0 Å². The predicted molar refractivity (Wildman–Crippen MR) is 80.8 cm³/mol. The highest BCUT2D eigenvalue weighted by Crippen LogP contribution is 2.32. The van der Waals surface area contributed by atoms with E-state index in [2.05, 4.69) is 60.3 Å². The van der Waals surface area contributed by atoms with Crippen LogP contribution in [-0.2, 0) is 0 Å². The second-order valence-electron chi connectivity index (χ2n) is 6.63. The zero-order valence-electron chi connectivity index (χ0n) is 12.3. The molecule has 0 radical (unpaired) electrons. The van der Waals surface area contributed by atoms with Gasteiger partial charge in [0.1, 0.15) is 0 Å². The largest absolute Gasteiger partial charge is 0.384 e. The Kier molecular flexibility index (Phi) is 3.27. The van der Waals surface area contributed by atoms with Crippen LogP contribution in [-0.4, -0.2) is 55.1 Å². The molecule has 3 heteroatoms. The van der Waals surface area contributed by atoms with Crippen LogP contribution in [0.5, 0.6) is 0 Å². The van der Waals surface area contributed by atoms with Crippen LogP contribution in [0.2, 0.25) is 0 Å². The lowest BCUT2D eigenvalue weighted by Crippen LogP contribution is -2.58. The number of para-hydroxylation sites is 1. The van der Waals surface area contributed by atoms with Crippen molar-refractivity contribution in [3.05, 3.63) is 29.8 Å². The van der Waals surface area contributed by atoms with Gasteiger partial charge in [-0.1, -0.05) is 18.2 Å². The Morgan fingerprint density at radius 3 is 2.84 bits per heavy atom. The highest BCUT2D eigenvalue weighted by Gasteiger charge is 2.33. The van der Waals surface area contributed by atoms with E-state index in [1.165, 1.54) is 37.4 Å². The summed E-state index contributed by atoms with van der Waals surface area (Å²) in [7, 11) is 2.24. The van der Waals surface area contributed by atoms with E-state index in [-0.39, 0.29) is 0 Å². The van der Waals surface area contributed by atoms with Crippen LogP contribution < -0.4 is 5.32 Å². The van der Waals surface area contributed by atoms with Crippen molar-refractivity contribution >= 4 is 5.69 Å². The number of hydrogen-bond donors (Lipinski definition) is 1. The summed E-state index contributed by atoms with van der Waals surface area (Å²) in [6.07, 6.45) is 0. The smallest absolute Gasteiger partial charge is 0.0376 e. The Balaban J connectivity index is 1.67. The fraction of sp³-hybridized carbons (Fsp3) is 0.625. The molecule has 1 unspecified atom stereocenters. The fourth-order valence-electron chi connectivity index (χ4n) is 3.33. The molecule has 0 saturated carbocycles. The van der Waals surface area contributed by atoms with Gasteiger partial charge in [-0.25, -0.2) is 0 Å². The topological polar surface area (TPSA) is 18.5 Å². The van der Waals surface area contributed by atoms with Crippen molar-refractivity contribution in [1.29, 1.82) is 0 Å². The molecule has 1 atom stereocenters. The normalized spacial score (nSPS) is 27.0. The average Bonchev–Trinajstić information content (AvgIpc) is 2.77. The third-order valence-electron chi connectivity index (χ3n) is 4.81. The summed E-state index contributed by atoms with van der Waals surface area (Å²) >= 11 is 0. The fourth-order valence-corrected chi connectivity index (χ4v) is 3.33. The first-order chi connectivity index (χ1) is 9.06. The summed E-state index contributed by atoms with van der Waals surface area (Å²) in [5, 5.41) is 3.53. The molecule has 2 aliphatic heterocycles. The van der Waals surface area contributed by atoms with Crippen molar-refractivity contribution < 1.29 is 0 Å². The van der Waals surface area contributed by atoms with E-state index in [9.17, 15) is 0 Å². The SMILES string of the molecule is CN1CCN(CC2CNc3ccccc32)CC1(C)C. The van der Waals surface area contributed by atoms with Gasteiger partial charge in [0.15, 0.2) is 0 Å². The first-order valence-electron chi connectivity index (χ1n) is 7.33. The Bertz CT molecular complexity index is 455. The number of rotatable bonds is 2. The number of nitrogens with one attached hydrogen (secondary N) is 1. The first-order valence-corrected chi connectivity index (χ1v) is 7.33. The van der Waals surface area contributed by atoms with Gasteiger partial charge in [-0.05, 0) is 32.5 Å². The summed E-state index contributed by atoms with van der Waals surface area (Å²) in [6, 6.07) is 8.75. The monoisotopic (exact) mass is 259 g/mol. The number of piperazine rings is 1. The quantitative estimate of drug-likeness (QED) is 0.878. The predicted octanol–water partition coefficient (Wildman–Crippen LogP) is 2.22. The van der Waals surface area contributed by atoms with Crippen LogP contribution in [0.25, 0.3) is 0 Å². The molecule has 0 spiro atoms. The molecule has 104 valence electrons. The molecule has 1 fully saturated rings. The van der Waals surface area contributed by atoms with Gasteiger partial charge in [-0.3, -0.25) is 9.80 Å². The Morgan fingerprint density at radius 1 is 1.26 bits per heavy atom. The van der Waals surface area contributed by atoms with Gasteiger partial charge < -0.3 is 5.32 Å². The minimum atomic E-state index is 0.295. The average molecular weight is 259 g/mol. The van der Waals surface area contributed by atoms with Crippen LogP contribution >= 0.6 is 0 Å². The third kappa shape index (κ3) is 2.49. The van der Waals surface area contributed by atoms with Crippen LogP contribution in [0.1, 0.15) is 25.3 Å². The van der Waals surface area contributed by atoms with E-state index in [0.29, 0.717) is 11.5 Å². The lowest BCUT2D eigenvalue weighted by atomic mass is 9.96. The Hall–Kier alpha value is -1.06. The van der Waals surface area contributed by atoms with Crippen molar-refractivity contribution in [3.8, 4) is 0 Å². The third-order valence-corrected chi connectivity index (χ3v) is 4.81. The van der Waals surface area contributed by atoms with Gasteiger partial charge in [-0.2, -0.15) is 0 Å².